The minimum atomic E-state index is -0.249. The first-order valence-electron chi connectivity index (χ1n) is 6.67. The van der Waals surface area contributed by atoms with Gasteiger partial charge in [0.25, 0.3) is 0 Å². The number of halogens is 2. The van der Waals surface area contributed by atoms with Crippen molar-refractivity contribution in [2.45, 2.75) is 26.2 Å². The van der Waals surface area contributed by atoms with Crippen LogP contribution in [0.15, 0.2) is 18.2 Å². The van der Waals surface area contributed by atoms with Crippen LogP contribution in [0.2, 0.25) is 10.0 Å². The second kappa shape index (κ2) is 5.82. The van der Waals surface area contributed by atoms with Crippen LogP contribution in [0.25, 0.3) is 0 Å². The lowest BCUT2D eigenvalue weighted by molar-refractivity contribution is 0.0787. The molecular weight excluding hydrogens is 281 g/mol. The zero-order chi connectivity index (χ0) is 14.0. The van der Waals surface area contributed by atoms with Gasteiger partial charge in [-0.1, -0.05) is 36.5 Å². The van der Waals surface area contributed by atoms with Crippen LogP contribution in [-0.2, 0) is 0 Å². The van der Waals surface area contributed by atoms with Gasteiger partial charge in [-0.25, -0.2) is 0 Å². The van der Waals surface area contributed by atoms with Crippen LogP contribution in [0.4, 0.5) is 0 Å². The van der Waals surface area contributed by atoms with Crippen molar-refractivity contribution < 1.29 is 4.79 Å². The fourth-order valence-corrected chi connectivity index (χ4v) is 3.30. The number of hydrogen-bond acceptors (Lipinski definition) is 2. The van der Waals surface area contributed by atoms with Crippen LogP contribution in [0, 0.1) is 5.41 Å². The van der Waals surface area contributed by atoms with E-state index in [0.29, 0.717) is 15.6 Å². The Morgan fingerprint density at radius 2 is 2.11 bits per heavy atom. The highest BCUT2D eigenvalue weighted by Crippen LogP contribution is 2.38. The quantitative estimate of drug-likeness (QED) is 0.773. The van der Waals surface area contributed by atoms with Crippen molar-refractivity contribution in [3.8, 4) is 0 Å². The molecule has 0 radical (unpaired) electrons. The molecule has 2 rings (SSSR count). The predicted molar refractivity (Wildman–Crippen MR) is 80.2 cm³/mol. The highest BCUT2D eigenvalue weighted by Gasteiger charge is 2.42. The van der Waals surface area contributed by atoms with Crippen molar-refractivity contribution in [2.24, 2.45) is 5.41 Å². The number of carbonyl (C=O) groups excluding carboxylic acids is 1. The number of hydrogen-bond donors (Lipinski definition) is 0. The summed E-state index contributed by atoms with van der Waals surface area (Å²) in [5.41, 5.74) is 0.429. The maximum atomic E-state index is 12.8. The van der Waals surface area contributed by atoms with E-state index in [-0.39, 0.29) is 11.2 Å². The van der Waals surface area contributed by atoms with E-state index in [4.69, 9.17) is 23.2 Å². The van der Waals surface area contributed by atoms with Gasteiger partial charge in [-0.15, -0.1) is 0 Å². The zero-order valence-electron chi connectivity index (χ0n) is 11.4. The van der Waals surface area contributed by atoms with Gasteiger partial charge in [0.05, 0.1) is 10.0 Å². The summed E-state index contributed by atoms with van der Waals surface area (Å²) < 4.78 is 0. The Bertz CT molecular complexity index is 485. The third-order valence-electron chi connectivity index (χ3n) is 3.94. The number of rotatable bonds is 4. The maximum absolute atomic E-state index is 12.8. The van der Waals surface area contributed by atoms with Crippen LogP contribution in [0.1, 0.15) is 36.5 Å². The molecule has 0 aliphatic carbocycles. The molecule has 1 unspecified atom stereocenters. The normalized spacial score (nSPS) is 23.8. The number of ketones is 1. The predicted octanol–water partition coefficient (Wildman–Crippen LogP) is 4.30. The number of Topliss-reactive ketones (excluding diaryl/α,β-unsaturated/α-hetero) is 1. The number of benzene rings is 1. The number of carbonyl (C=O) groups is 1. The van der Waals surface area contributed by atoms with Crippen LogP contribution >= 0.6 is 23.2 Å². The van der Waals surface area contributed by atoms with E-state index in [1.54, 1.807) is 18.2 Å². The molecule has 2 nitrogen and oxygen atoms in total. The van der Waals surface area contributed by atoms with Gasteiger partial charge in [0.1, 0.15) is 0 Å². The summed E-state index contributed by atoms with van der Waals surface area (Å²) in [5, 5.41) is 0.941. The molecule has 1 fully saturated rings. The summed E-state index contributed by atoms with van der Waals surface area (Å²) in [4.78, 5) is 15.1. The molecule has 1 aromatic carbocycles. The summed E-state index contributed by atoms with van der Waals surface area (Å²) in [6.07, 6.45) is 2.87. The largest absolute Gasteiger partial charge is 0.305 e. The number of nitrogens with zero attached hydrogens (tertiary/aromatic N) is 1. The Morgan fingerprint density at radius 1 is 1.37 bits per heavy atom. The molecule has 0 saturated carbocycles. The van der Waals surface area contributed by atoms with Gasteiger partial charge in [-0.2, -0.15) is 0 Å². The summed E-state index contributed by atoms with van der Waals surface area (Å²) in [6.45, 7) is 3.94. The molecule has 0 aromatic heterocycles. The van der Waals surface area contributed by atoms with E-state index in [1.807, 2.05) is 0 Å². The molecule has 1 aliphatic heterocycles. The Labute approximate surface area is 124 Å². The highest BCUT2D eigenvalue weighted by atomic mass is 35.5. The minimum absolute atomic E-state index is 0.206. The molecule has 4 heteroatoms. The average molecular weight is 300 g/mol. The van der Waals surface area contributed by atoms with Crippen molar-refractivity contribution in [2.75, 3.05) is 20.1 Å². The van der Waals surface area contributed by atoms with Crippen molar-refractivity contribution in [1.29, 1.82) is 0 Å². The van der Waals surface area contributed by atoms with Crippen molar-refractivity contribution in [3.05, 3.63) is 33.8 Å². The van der Waals surface area contributed by atoms with E-state index in [0.717, 1.165) is 32.4 Å². The average Bonchev–Trinajstić information content (AvgIpc) is 2.75. The second-order valence-electron chi connectivity index (χ2n) is 5.48. The van der Waals surface area contributed by atoms with Gasteiger partial charge >= 0.3 is 0 Å². The van der Waals surface area contributed by atoms with E-state index >= 15 is 0 Å². The Morgan fingerprint density at radius 3 is 2.63 bits per heavy atom. The van der Waals surface area contributed by atoms with Crippen LogP contribution in [0.5, 0.6) is 0 Å². The Kier molecular flexibility index (Phi) is 4.54. The Balaban J connectivity index is 2.32. The van der Waals surface area contributed by atoms with E-state index in [9.17, 15) is 4.79 Å². The molecule has 0 spiro atoms. The first-order chi connectivity index (χ1) is 8.98. The molecule has 1 heterocycles. The van der Waals surface area contributed by atoms with Crippen molar-refractivity contribution in [3.63, 3.8) is 0 Å². The molecule has 0 amide bonds. The molecule has 19 heavy (non-hydrogen) atoms. The van der Waals surface area contributed by atoms with Crippen LogP contribution in [-0.4, -0.2) is 30.8 Å². The summed E-state index contributed by atoms with van der Waals surface area (Å²) in [5.74, 6) is 0.206. The monoisotopic (exact) mass is 299 g/mol. The van der Waals surface area contributed by atoms with Gasteiger partial charge in [0.2, 0.25) is 0 Å². The first-order valence-corrected chi connectivity index (χ1v) is 7.42. The molecule has 1 aromatic rings. The van der Waals surface area contributed by atoms with Gasteiger partial charge < -0.3 is 4.90 Å². The van der Waals surface area contributed by atoms with Gasteiger partial charge in [-0.3, -0.25) is 4.79 Å². The van der Waals surface area contributed by atoms with E-state index < -0.39 is 0 Å². The lowest BCUT2D eigenvalue weighted by Crippen LogP contribution is -2.34. The molecule has 1 aliphatic rings. The van der Waals surface area contributed by atoms with Gasteiger partial charge in [-0.05, 0) is 44.6 Å². The van der Waals surface area contributed by atoms with E-state index in [2.05, 4.69) is 18.9 Å². The summed E-state index contributed by atoms with van der Waals surface area (Å²) >= 11 is 11.9. The van der Waals surface area contributed by atoms with Crippen molar-refractivity contribution in [1.82, 2.24) is 4.90 Å². The molecule has 1 saturated heterocycles. The van der Waals surface area contributed by atoms with E-state index in [1.165, 1.54) is 0 Å². The topological polar surface area (TPSA) is 20.3 Å². The standard InChI is InChI=1S/C15H19Cl2NO/c1-3-6-15(7-8-18(2)10-15)14(19)11-4-5-12(16)13(17)9-11/h4-5,9H,3,6-8,10H2,1-2H3. The fraction of sp³-hybridized carbons (Fsp3) is 0.533. The zero-order valence-corrected chi connectivity index (χ0v) is 12.9. The van der Waals surface area contributed by atoms with Crippen LogP contribution < -0.4 is 0 Å². The first kappa shape index (κ1) is 14.8. The van der Waals surface area contributed by atoms with Gasteiger partial charge in [0, 0.05) is 17.5 Å². The summed E-state index contributed by atoms with van der Waals surface area (Å²) in [7, 11) is 2.07. The van der Waals surface area contributed by atoms with Gasteiger partial charge in [0.15, 0.2) is 5.78 Å². The fourth-order valence-electron chi connectivity index (χ4n) is 3.00. The smallest absolute Gasteiger partial charge is 0.170 e. The molecule has 1 atom stereocenters. The lowest BCUT2D eigenvalue weighted by Gasteiger charge is -2.27. The number of likely N-dealkylation sites (tertiary alicyclic amines) is 1. The molecular formula is C15H19Cl2NO. The lowest BCUT2D eigenvalue weighted by atomic mass is 9.76. The molecule has 104 valence electrons. The SMILES string of the molecule is CCCC1(C(=O)c2ccc(Cl)c(Cl)c2)CCN(C)C1. The third-order valence-corrected chi connectivity index (χ3v) is 4.68. The highest BCUT2D eigenvalue weighted by molar-refractivity contribution is 6.42. The molecule has 0 bridgehead atoms. The summed E-state index contributed by atoms with van der Waals surface area (Å²) in [6, 6.07) is 5.18. The minimum Gasteiger partial charge on any atom is -0.305 e. The second-order valence-corrected chi connectivity index (χ2v) is 6.29. The Hall–Kier alpha value is -0.570. The van der Waals surface area contributed by atoms with Crippen LogP contribution in [0.3, 0.4) is 0 Å². The van der Waals surface area contributed by atoms with Crippen molar-refractivity contribution >= 4 is 29.0 Å². The third kappa shape index (κ3) is 2.96. The maximum Gasteiger partial charge on any atom is 0.170 e. The molecule has 0 N–H and O–H groups in total.